The number of thiophene rings is 1. The first-order chi connectivity index (χ1) is 12.4. The summed E-state index contributed by atoms with van der Waals surface area (Å²) in [4.78, 5) is 25.1. The predicted molar refractivity (Wildman–Crippen MR) is 109 cm³/mol. The summed E-state index contributed by atoms with van der Waals surface area (Å²) in [6.45, 7) is 6.27. The molecule has 2 heterocycles. The third-order valence-electron chi connectivity index (χ3n) is 4.02. The van der Waals surface area contributed by atoms with Gasteiger partial charge in [0, 0.05) is 9.89 Å². The van der Waals surface area contributed by atoms with Crippen LogP contribution >= 0.6 is 34.5 Å². The maximum Gasteiger partial charge on any atom is 0.326 e. The van der Waals surface area contributed by atoms with Crippen molar-refractivity contribution in [1.82, 2.24) is 4.57 Å². The molecule has 5 nitrogen and oxygen atoms in total. The second kappa shape index (κ2) is 6.63. The third kappa shape index (κ3) is 3.27. The topological polar surface area (TPSA) is 85.3 Å². The van der Waals surface area contributed by atoms with Gasteiger partial charge in [-0.3, -0.25) is 4.79 Å². The summed E-state index contributed by atoms with van der Waals surface area (Å²) >= 11 is 13.3. The maximum atomic E-state index is 14.0. The van der Waals surface area contributed by atoms with Crippen LogP contribution in [0.5, 0.6) is 5.88 Å². The minimum absolute atomic E-state index is 0.0391. The maximum absolute atomic E-state index is 14.0. The van der Waals surface area contributed by atoms with E-state index in [0.29, 0.717) is 5.02 Å². The van der Waals surface area contributed by atoms with Crippen LogP contribution in [0, 0.1) is 5.82 Å². The van der Waals surface area contributed by atoms with Gasteiger partial charge in [0.05, 0.1) is 34.1 Å². The van der Waals surface area contributed by atoms with E-state index in [0.717, 1.165) is 21.2 Å². The van der Waals surface area contributed by atoms with Gasteiger partial charge in [0.1, 0.15) is 5.82 Å². The number of ketones is 1. The molecule has 142 valence electrons. The van der Waals surface area contributed by atoms with Crippen LogP contribution in [-0.2, 0) is 0 Å². The van der Waals surface area contributed by atoms with E-state index in [2.05, 4.69) is 19.6 Å². The van der Waals surface area contributed by atoms with Gasteiger partial charge in [-0.1, -0.05) is 42.8 Å². The zero-order chi connectivity index (χ0) is 20.3. The second-order valence-corrected chi connectivity index (χ2v) is 14.3. The number of rotatable bonds is 3. The molecule has 0 spiro atoms. The van der Waals surface area contributed by atoms with Crippen molar-refractivity contribution in [3.05, 3.63) is 44.5 Å². The normalized spacial score (nSPS) is 11.9. The fourth-order valence-corrected chi connectivity index (χ4v) is 7.22. The number of hydrogen-bond donors (Lipinski definition) is 2. The lowest BCUT2D eigenvalue weighted by Gasteiger charge is -2.13. The third-order valence-corrected chi connectivity index (χ3v) is 9.60. The minimum atomic E-state index is -1.79. The molecule has 10 heteroatoms. The minimum Gasteiger partial charge on any atom is -0.494 e. The van der Waals surface area contributed by atoms with E-state index in [4.69, 9.17) is 28.9 Å². The Morgan fingerprint density at radius 1 is 1.19 bits per heavy atom. The molecular formula is C17H15Cl2FN2O3SSi. The van der Waals surface area contributed by atoms with Crippen LogP contribution in [-0.4, -0.2) is 29.6 Å². The van der Waals surface area contributed by atoms with Crippen LogP contribution in [0.15, 0.2) is 18.2 Å². The summed E-state index contributed by atoms with van der Waals surface area (Å²) in [6.07, 6.45) is 0. The van der Waals surface area contributed by atoms with Crippen LogP contribution in [0.1, 0.15) is 15.2 Å². The Labute approximate surface area is 169 Å². The number of halogens is 3. The molecule has 3 rings (SSSR count). The van der Waals surface area contributed by atoms with E-state index in [1.54, 1.807) is 0 Å². The number of aromatic hydroxyl groups is 1. The van der Waals surface area contributed by atoms with E-state index in [-0.39, 0.29) is 26.4 Å². The Morgan fingerprint density at radius 3 is 2.33 bits per heavy atom. The fourth-order valence-electron chi connectivity index (χ4n) is 2.83. The highest BCUT2D eigenvalue weighted by Crippen LogP contribution is 2.36. The molecule has 0 aliphatic carbocycles. The molecular weight excluding hydrogens is 430 g/mol. The SMILES string of the molecule is C[Si](C)(C)c1sc(C(=O)c2c(O)n(C(N)=O)c3cc(Cl)c(F)cc23)cc1Cl. The van der Waals surface area contributed by atoms with Gasteiger partial charge in [-0.05, 0) is 18.2 Å². The summed E-state index contributed by atoms with van der Waals surface area (Å²) < 4.78 is 15.7. The number of fused-ring (bicyclic) bond motifs is 1. The van der Waals surface area contributed by atoms with E-state index < -0.39 is 31.6 Å². The molecule has 0 saturated carbocycles. The molecule has 1 amide bonds. The molecule has 1 aromatic carbocycles. The highest BCUT2D eigenvalue weighted by Gasteiger charge is 2.30. The number of amides is 1. The Balaban J connectivity index is 2.29. The van der Waals surface area contributed by atoms with E-state index in [9.17, 15) is 19.1 Å². The van der Waals surface area contributed by atoms with Crippen molar-refractivity contribution in [2.45, 2.75) is 19.6 Å². The van der Waals surface area contributed by atoms with Crippen molar-refractivity contribution in [1.29, 1.82) is 0 Å². The molecule has 2 aromatic heterocycles. The lowest BCUT2D eigenvalue weighted by Crippen LogP contribution is -2.35. The van der Waals surface area contributed by atoms with Crippen molar-refractivity contribution in [2.24, 2.45) is 5.73 Å². The Kier molecular flexibility index (Phi) is 4.88. The molecule has 0 unspecified atom stereocenters. The number of nitrogens with zero attached hydrogens (tertiary/aromatic N) is 1. The summed E-state index contributed by atoms with van der Waals surface area (Å²) in [7, 11) is -1.79. The van der Waals surface area contributed by atoms with Crippen LogP contribution in [0.3, 0.4) is 0 Å². The molecule has 0 fully saturated rings. The number of primary amides is 1. The van der Waals surface area contributed by atoms with Crippen molar-refractivity contribution in [3.63, 3.8) is 0 Å². The smallest absolute Gasteiger partial charge is 0.326 e. The van der Waals surface area contributed by atoms with Gasteiger partial charge in [0.2, 0.25) is 11.7 Å². The Hall–Kier alpha value is -1.87. The molecule has 0 aliphatic heterocycles. The lowest BCUT2D eigenvalue weighted by atomic mass is 10.1. The highest BCUT2D eigenvalue weighted by molar-refractivity contribution is 7.28. The summed E-state index contributed by atoms with van der Waals surface area (Å²) in [5.74, 6) is -2.02. The molecule has 0 aliphatic rings. The summed E-state index contributed by atoms with van der Waals surface area (Å²) in [6, 6.07) is 2.65. The molecule has 27 heavy (non-hydrogen) atoms. The van der Waals surface area contributed by atoms with Crippen molar-refractivity contribution in [3.8, 4) is 5.88 Å². The van der Waals surface area contributed by atoms with Crippen LogP contribution in [0.25, 0.3) is 10.9 Å². The fraction of sp³-hybridized carbons (Fsp3) is 0.176. The Morgan fingerprint density at radius 2 is 1.81 bits per heavy atom. The van der Waals surface area contributed by atoms with Gasteiger partial charge in [-0.25, -0.2) is 13.8 Å². The zero-order valence-corrected chi connectivity index (χ0v) is 17.9. The van der Waals surface area contributed by atoms with Crippen LogP contribution in [0.4, 0.5) is 9.18 Å². The number of benzene rings is 1. The van der Waals surface area contributed by atoms with Gasteiger partial charge in [-0.2, -0.15) is 0 Å². The van der Waals surface area contributed by atoms with Crippen molar-refractivity contribution in [2.75, 3.05) is 0 Å². The van der Waals surface area contributed by atoms with Gasteiger partial charge >= 0.3 is 6.03 Å². The molecule has 3 aromatic rings. The first kappa shape index (κ1) is 19.9. The average Bonchev–Trinajstić information content (AvgIpc) is 3.05. The van der Waals surface area contributed by atoms with Crippen LogP contribution in [0.2, 0.25) is 29.7 Å². The van der Waals surface area contributed by atoms with Gasteiger partial charge in [0.15, 0.2) is 0 Å². The number of nitrogens with two attached hydrogens (primary N) is 1. The van der Waals surface area contributed by atoms with Crippen LogP contribution < -0.4 is 10.2 Å². The molecule has 0 atom stereocenters. The van der Waals surface area contributed by atoms with Gasteiger partial charge in [0.25, 0.3) is 0 Å². The molecule has 3 N–H and O–H groups in total. The average molecular weight is 445 g/mol. The lowest BCUT2D eigenvalue weighted by molar-refractivity contribution is 0.104. The molecule has 0 saturated heterocycles. The zero-order valence-electron chi connectivity index (χ0n) is 14.6. The van der Waals surface area contributed by atoms with E-state index in [1.165, 1.54) is 17.4 Å². The summed E-state index contributed by atoms with van der Waals surface area (Å²) in [5, 5.41) is 10.7. The predicted octanol–water partition coefficient (Wildman–Crippen LogP) is 4.56. The first-order valence-electron chi connectivity index (χ1n) is 7.80. The monoisotopic (exact) mass is 444 g/mol. The van der Waals surface area contributed by atoms with Crippen molar-refractivity contribution < 1.29 is 19.1 Å². The number of aromatic nitrogens is 1. The van der Waals surface area contributed by atoms with Crippen molar-refractivity contribution >= 4 is 69.8 Å². The summed E-state index contributed by atoms with van der Waals surface area (Å²) in [5.41, 5.74) is 5.13. The van der Waals surface area contributed by atoms with Gasteiger partial charge < -0.3 is 10.8 Å². The quantitative estimate of drug-likeness (QED) is 0.458. The standard InChI is InChI=1S/C17H15Cl2FN2O3SSi/c1-27(2,3)16-9(19)6-12(26-16)14(23)13-7-4-10(20)8(18)5-11(7)22(15(13)24)17(21)25/h4-6,24H,1-3H3,(H2,21,25). The number of hydrogen-bond acceptors (Lipinski definition) is 4. The molecule has 0 bridgehead atoms. The molecule has 0 radical (unpaired) electrons. The van der Waals surface area contributed by atoms with Gasteiger partial charge in [-0.15, -0.1) is 11.3 Å². The number of carbonyl (C=O) groups is 2. The second-order valence-electron chi connectivity index (χ2n) is 7.02. The van der Waals surface area contributed by atoms with E-state index >= 15 is 0 Å². The first-order valence-corrected chi connectivity index (χ1v) is 12.9. The Bertz CT molecular complexity index is 1120. The largest absolute Gasteiger partial charge is 0.494 e. The number of carbonyl (C=O) groups excluding carboxylic acids is 2. The highest BCUT2D eigenvalue weighted by atomic mass is 35.5. The van der Waals surface area contributed by atoms with E-state index in [1.807, 2.05) is 0 Å².